The third kappa shape index (κ3) is 3.58. The summed E-state index contributed by atoms with van der Waals surface area (Å²) < 4.78 is 0. The summed E-state index contributed by atoms with van der Waals surface area (Å²) in [5.41, 5.74) is 3.93. The lowest BCUT2D eigenvalue weighted by atomic mass is 10.1. The third-order valence-electron chi connectivity index (χ3n) is 6.27. The van der Waals surface area contributed by atoms with E-state index in [9.17, 15) is 14.4 Å². The molecule has 30 heavy (non-hydrogen) atoms. The summed E-state index contributed by atoms with van der Waals surface area (Å²) >= 11 is 0. The maximum atomic E-state index is 12.6. The molecule has 6 heteroatoms. The van der Waals surface area contributed by atoms with Gasteiger partial charge in [-0.1, -0.05) is 30.3 Å². The van der Waals surface area contributed by atoms with Gasteiger partial charge in [-0.25, -0.2) is 0 Å². The first kappa shape index (κ1) is 18.9. The minimum atomic E-state index is -0.345. The van der Waals surface area contributed by atoms with Gasteiger partial charge in [0, 0.05) is 43.3 Å². The number of carbonyl (C=O) groups excluding carboxylic acids is 3. The van der Waals surface area contributed by atoms with Gasteiger partial charge in [0.05, 0.1) is 5.92 Å². The van der Waals surface area contributed by atoms with E-state index in [0.717, 1.165) is 41.8 Å². The van der Waals surface area contributed by atoms with E-state index in [1.165, 1.54) is 0 Å². The quantitative estimate of drug-likeness (QED) is 0.835. The molecule has 0 aromatic heterocycles. The van der Waals surface area contributed by atoms with Crippen molar-refractivity contribution in [3.8, 4) is 0 Å². The number of anilines is 2. The highest BCUT2D eigenvalue weighted by Crippen LogP contribution is 2.38. The highest BCUT2D eigenvalue weighted by atomic mass is 16.2. The van der Waals surface area contributed by atoms with E-state index in [-0.39, 0.29) is 36.0 Å². The van der Waals surface area contributed by atoms with Gasteiger partial charge in [-0.05, 0) is 48.6 Å². The molecule has 1 saturated heterocycles. The fourth-order valence-electron chi connectivity index (χ4n) is 4.40. The number of carbonyl (C=O) groups is 3. The molecule has 154 valence electrons. The minimum Gasteiger partial charge on any atom is -0.352 e. The number of fused-ring (bicyclic) bond motifs is 1. The van der Waals surface area contributed by atoms with E-state index in [1.807, 2.05) is 53.4 Å². The lowest BCUT2D eigenvalue weighted by Gasteiger charge is -2.20. The Bertz CT molecular complexity index is 1000. The Morgan fingerprint density at radius 1 is 1.03 bits per heavy atom. The summed E-state index contributed by atoms with van der Waals surface area (Å²) in [6.45, 7) is 1.57. The first-order valence-electron chi connectivity index (χ1n) is 10.7. The van der Waals surface area contributed by atoms with Crippen LogP contribution in [-0.2, 0) is 27.3 Å². The standard InChI is InChI=1S/C24H25N3O3/c28-22-13-19(23(29)25-14-16-4-2-1-3-5-16)15-27(22)20-8-9-21-18(12-20)10-11-26(21)24(30)17-6-7-17/h1-5,8-9,12,17,19H,6-7,10-11,13-15H2,(H,25,29)/t19-/m0/s1. The van der Waals surface area contributed by atoms with Crippen molar-refractivity contribution in [2.45, 2.75) is 32.2 Å². The summed E-state index contributed by atoms with van der Waals surface area (Å²) in [6.07, 6.45) is 3.03. The Hall–Kier alpha value is -3.15. The fourth-order valence-corrected chi connectivity index (χ4v) is 4.40. The van der Waals surface area contributed by atoms with Crippen LogP contribution >= 0.6 is 0 Å². The molecule has 1 aliphatic carbocycles. The zero-order valence-electron chi connectivity index (χ0n) is 16.8. The molecule has 3 amide bonds. The maximum Gasteiger partial charge on any atom is 0.230 e. The lowest BCUT2D eigenvalue weighted by molar-refractivity contribution is -0.126. The highest BCUT2D eigenvalue weighted by Gasteiger charge is 2.38. The molecular formula is C24H25N3O3. The Morgan fingerprint density at radius 2 is 1.83 bits per heavy atom. The summed E-state index contributed by atoms with van der Waals surface area (Å²) in [6, 6.07) is 15.6. The molecule has 2 heterocycles. The van der Waals surface area contributed by atoms with Gasteiger partial charge in [0.1, 0.15) is 0 Å². The van der Waals surface area contributed by atoms with Crippen molar-refractivity contribution in [3.05, 3.63) is 59.7 Å². The maximum absolute atomic E-state index is 12.6. The van der Waals surface area contributed by atoms with Crippen LogP contribution in [0.5, 0.6) is 0 Å². The molecule has 2 fully saturated rings. The van der Waals surface area contributed by atoms with Gasteiger partial charge in [-0.3, -0.25) is 14.4 Å². The predicted octanol–water partition coefficient (Wildman–Crippen LogP) is 2.66. The molecule has 1 atom stereocenters. The topological polar surface area (TPSA) is 69.7 Å². The first-order chi connectivity index (χ1) is 14.6. The second-order valence-corrected chi connectivity index (χ2v) is 8.44. The molecule has 0 radical (unpaired) electrons. The second-order valence-electron chi connectivity index (χ2n) is 8.44. The summed E-state index contributed by atoms with van der Waals surface area (Å²) in [5, 5.41) is 2.95. The van der Waals surface area contributed by atoms with Gasteiger partial charge in [0.15, 0.2) is 0 Å². The number of nitrogens with one attached hydrogen (secondary N) is 1. The smallest absolute Gasteiger partial charge is 0.230 e. The van der Waals surface area contributed by atoms with Gasteiger partial charge < -0.3 is 15.1 Å². The molecule has 2 aromatic carbocycles. The molecule has 2 aliphatic heterocycles. The van der Waals surface area contributed by atoms with E-state index in [0.29, 0.717) is 19.6 Å². The van der Waals surface area contributed by atoms with Crippen molar-refractivity contribution in [1.29, 1.82) is 0 Å². The molecular weight excluding hydrogens is 378 g/mol. The van der Waals surface area contributed by atoms with Crippen molar-refractivity contribution in [2.75, 3.05) is 22.9 Å². The minimum absolute atomic E-state index is 0.0290. The zero-order chi connectivity index (χ0) is 20.7. The first-order valence-corrected chi connectivity index (χ1v) is 10.7. The highest BCUT2D eigenvalue weighted by molar-refractivity contribution is 6.02. The normalized spacial score (nSPS) is 20.4. The lowest BCUT2D eigenvalue weighted by Crippen LogP contribution is -2.32. The molecule has 5 rings (SSSR count). The monoisotopic (exact) mass is 403 g/mol. The van der Waals surface area contributed by atoms with Crippen LogP contribution in [0.4, 0.5) is 11.4 Å². The van der Waals surface area contributed by atoms with Gasteiger partial charge in [0.25, 0.3) is 0 Å². The third-order valence-corrected chi connectivity index (χ3v) is 6.27. The molecule has 1 saturated carbocycles. The van der Waals surface area contributed by atoms with Crippen molar-refractivity contribution in [1.82, 2.24) is 5.32 Å². The summed E-state index contributed by atoms with van der Waals surface area (Å²) in [4.78, 5) is 41.3. The molecule has 0 unspecified atom stereocenters. The number of amides is 3. The van der Waals surface area contributed by atoms with Gasteiger partial charge in [-0.15, -0.1) is 0 Å². The Morgan fingerprint density at radius 3 is 2.60 bits per heavy atom. The van der Waals surface area contributed by atoms with E-state index >= 15 is 0 Å². The number of nitrogens with zero attached hydrogens (tertiary/aromatic N) is 2. The van der Waals surface area contributed by atoms with Crippen LogP contribution < -0.4 is 15.1 Å². The number of benzene rings is 2. The number of hydrogen-bond acceptors (Lipinski definition) is 3. The molecule has 6 nitrogen and oxygen atoms in total. The largest absolute Gasteiger partial charge is 0.352 e. The van der Waals surface area contributed by atoms with E-state index < -0.39 is 0 Å². The van der Waals surface area contributed by atoms with Crippen LogP contribution in [0.15, 0.2) is 48.5 Å². The van der Waals surface area contributed by atoms with Crippen molar-refractivity contribution >= 4 is 29.1 Å². The van der Waals surface area contributed by atoms with Crippen molar-refractivity contribution in [2.24, 2.45) is 11.8 Å². The number of hydrogen-bond donors (Lipinski definition) is 1. The van der Waals surface area contributed by atoms with Crippen LogP contribution in [0.3, 0.4) is 0 Å². The Balaban J connectivity index is 1.25. The van der Waals surface area contributed by atoms with Crippen LogP contribution in [0.2, 0.25) is 0 Å². The average molecular weight is 403 g/mol. The molecule has 2 aromatic rings. The van der Waals surface area contributed by atoms with Crippen LogP contribution in [0.25, 0.3) is 0 Å². The molecule has 0 bridgehead atoms. The van der Waals surface area contributed by atoms with Crippen LogP contribution in [0, 0.1) is 11.8 Å². The predicted molar refractivity (Wildman–Crippen MR) is 114 cm³/mol. The summed E-state index contributed by atoms with van der Waals surface area (Å²) in [5.74, 6) is -0.0296. The van der Waals surface area contributed by atoms with E-state index in [1.54, 1.807) is 4.90 Å². The van der Waals surface area contributed by atoms with E-state index in [2.05, 4.69) is 5.32 Å². The SMILES string of the molecule is O=C(NCc1ccccc1)[C@H]1CC(=O)N(c2ccc3c(c2)CCN3C(=O)C2CC2)C1. The van der Waals surface area contributed by atoms with E-state index in [4.69, 9.17) is 0 Å². The summed E-state index contributed by atoms with van der Waals surface area (Å²) in [7, 11) is 0. The Labute approximate surface area is 175 Å². The number of rotatable bonds is 5. The second kappa shape index (κ2) is 7.59. The molecule has 0 spiro atoms. The average Bonchev–Trinajstić information content (AvgIpc) is 3.42. The van der Waals surface area contributed by atoms with Gasteiger partial charge in [-0.2, -0.15) is 0 Å². The van der Waals surface area contributed by atoms with Gasteiger partial charge in [0.2, 0.25) is 17.7 Å². The van der Waals surface area contributed by atoms with Gasteiger partial charge >= 0.3 is 0 Å². The van der Waals surface area contributed by atoms with Crippen LogP contribution in [-0.4, -0.2) is 30.8 Å². The van der Waals surface area contributed by atoms with Crippen molar-refractivity contribution < 1.29 is 14.4 Å². The molecule has 1 N–H and O–H groups in total. The fraction of sp³-hybridized carbons (Fsp3) is 0.375. The molecule has 3 aliphatic rings. The van der Waals surface area contributed by atoms with Crippen molar-refractivity contribution in [3.63, 3.8) is 0 Å². The van der Waals surface area contributed by atoms with Crippen LogP contribution in [0.1, 0.15) is 30.4 Å². The Kier molecular flexibility index (Phi) is 4.77. The zero-order valence-corrected chi connectivity index (χ0v) is 16.8.